The number of nitro groups is 1. The van der Waals surface area contributed by atoms with Crippen LogP contribution in [0.5, 0.6) is 17.2 Å². The summed E-state index contributed by atoms with van der Waals surface area (Å²) < 4.78 is 33.7. The van der Waals surface area contributed by atoms with Gasteiger partial charge in [0.2, 0.25) is 0 Å². The minimum absolute atomic E-state index is 0.0430. The molecular weight excluding hydrogens is 852 g/mol. The fourth-order valence-electron chi connectivity index (χ4n) is 8.91. The Kier molecular flexibility index (Phi) is 13.2. The zero-order valence-electron chi connectivity index (χ0n) is 35.0. The maximum Gasteiger partial charge on any atom is 0.316 e. The van der Waals surface area contributed by atoms with Gasteiger partial charge in [0.1, 0.15) is 28.7 Å². The van der Waals surface area contributed by atoms with Gasteiger partial charge in [0.15, 0.2) is 10.6 Å². The van der Waals surface area contributed by atoms with Crippen LogP contribution in [0.3, 0.4) is 0 Å². The quantitative estimate of drug-likeness (QED) is 0.0745. The molecule has 1 atom stereocenters. The van der Waals surface area contributed by atoms with E-state index in [1.54, 1.807) is 12.1 Å². The molecule has 1 saturated carbocycles. The Morgan fingerprint density at radius 3 is 2.42 bits per heavy atom. The maximum atomic E-state index is 13.9. The number of piperazine rings is 1. The Bertz CT molecular complexity index is 2330. The van der Waals surface area contributed by atoms with Crippen LogP contribution in [-0.4, -0.2) is 77.8 Å². The highest BCUT2D eigenvalue weighted by atomic mass is 35.5. The van der Waals surface area contributed by atoms with Crippen LogP contribution in [0.4, 0.5) is 17.2 Å². The summed E-state index contributed by atoms with van der Waals surface area (Å²) in [5, 5.41) is 13.0. The van der Waals surface area contributed by atoms with E-state index in [4.69, 9.17) is 43.1 Å². The molecule has 4 aliphatic rings. The van der Waals surface area contributed by atoms with E-state index in [9.17, 15) is 19.5 Å². The Morgan fingerprint density at radius 1 is 1.00 bits per heavy atom. The SMILES string of the molecule is CC1(C)CCC(CN2CCN(c3ccc(C(=O)N[S+]([O-])c4ccc(OCC5CCC6(CC5)COC6)c([N+](=O)[O-])c4)c(Oc4cnc(N)c(Cl)c4)c3)CC2)=C(c2ccc(Cl)cc2)C1. The Morgan fingerprint density at radius 2 is 1.74 bits per heavy atom. The zero-order chi connectivity index (χ0) is 43.6. The number of allylic oxidation sites excluding steroid dienone is 1. The number of nitrogens with one attached hydrogen (secondary N) is 1. The first-order valence-corrected chi connectivity index (χ1v) is 23.0. The second-order valence-electron chi connectivity index (χ2n) is 17.8. The van der Waals surface area contributed by atoms with Crippen molar-refractivity contribution in [1.82, 2.24) is 14.6 Å². The van der Waals surface area contributed by atoms with Crippen LogP contribution in [0.15, 0.2) is 83.4 Å². The number of hydrogen-bond donors (Lipinski definition) is 2. The third-order valence-electron chi connectivity index (χ3n) is 12.8. The van der Waals surface area contributed by atoms with Crippen LogP contribution in [0, 0.1) is 26.9 Å². The number of pyridine rings is 1. The Balaban J connectivity index is 0.952. The van der Waals surface area contributed by atoms with Gasteiger partial charge in [-0.15, -0.1) is 0 Å². The van der Waals surface area contributed by atoms with Crippen LogP contribution in [0.2, 0.25) is 10.0 Å². The molecule has 4 aromatic rings. The molecule has 3 aromatic carbocycles. The van der Waals surface area contributed by atoms with Gasteiger partial charge in [0.25, 0.3) is 5.91 Å². The van der Waals surface area contributed by atoms with Crippen molar-refractivity contribution in [3.8, 4) is 17.2 Å². The normalized spacial score (nSPS) is 19.5. The molecule has 328 valence electrons. The average molecular weight is 904 g/mol. The van der Waals surface area contributed by atoms with Crippen LogP contribution in [0.25, 0.3) is 5.57 Å². The number of anilines is 2. The van der Waals surface area contributed by atoms with Crippen molar-refractivity contribution in [2.24, 2.45) is 16.7 Å². The number of nitrogens with zero attached hydrogens (tertiary/aromatic N) is 4. The molecule has 3 N–H and O–H groups in total. The number of nitro benzene ring substituents is 1. The third kappa shape index (κ3) is 10.3. The standard InChI is InChI=1S/C46H52Cl2N6O7S/c1-45(2)14-13-32(38(24-45)31-3-5-33(47)6-4-31)26-52-17-19-53(20-18-52)34-7-9-37(42(21-34)61-35-22-39(48)43(49)50-25-35)44(55)51-62(58)36-8-10-41(40(23-36)54(56)57)60-27-30-11-15-46(16-12-30)28-59-29-46/h3-10,21-23,25,30H,11-20,24,26-29H2,1-2H3,(H2,49,50)(H,51,55). The molecule has 2 aliphatic heterocycles. The summed E-state index contributed by atoms with van der Waals surface area (Å²) in [4.78, 5) is 34.3. The van der Waals surface area contributed by atoms with E-state index in [0.29, 0.717) is 12.0 Å². The molecule has 3 heterocycles. The number of carbonyl (C=O) groups is 1. The number of nitrogens with two attached hydrogens (primary N) is 1. The molecule has 16 heteroatoms. The van der Waals surface area contributed by atoms with Crippen molar-refractivity contribution >= 4 is 63.2 Å². The first kappa shape index (κ1) is 44.1. The van der Waals surface area contributed by atoms with E-state index in [0.717, 1.165) is 102 Å². The largest absolute Gasteiger partial charge is 0.588 e. The highest BCUT2D eigenvalue weighted by Crippen LogP contribution is 2.45. The molecule has 62 heavy (non-hydrogen) atoms. The van der Waals surface area contributed by atoms with Crippen molar-refractivity contribution in [3.63, 3.8) is 0 Å². The molecule has 3 fully saturated rings. The minimum Gasteiger partial charge on any atom is -0.588 e. The number of hydrogen-bond acceptors (Lipinski definition) is 11. The third-order valence-corrected chi connectivity index (χ3v) is 14.4. The molecule has 0 radical (unpaired) electrons. The summed E-state index contributed by atoms with van der Waals surface area (Å²) in [5.74, 6) is 0.224. The number of aromatic nitrogens is 1. The molecule has 1 spiro atoms. The second kappa shape index (κ2) is 18.6. The molecule has 1 unspecified atom stereocenters. The van der Waals surface area contributed by atoms with Crippen LogP contribution in [0.1, 0.15) is 74.7 Å². The van der Waals surface area contributed by atoms with Crippen molar-refractivity contribution in [3.05, 3.63) is 110 Å². The molecule has 2 saturated heterocycles. The molecule has 8 rings (SSSR count). The number of rotatable bonds is 13. The van der Waals surface area contributed by atoms with Gasteiger partial charge >= 0.3 is 5.69 Å². The van der Waals surface area contributed by atoms with Crippen LogP contribution < -0.4 is 24.8 Å². The Labute approximate surface area is 375 Å². The molecule has 2 aliphatic carbocycles. The van der Waals surface area contributed by atoms with Crippen LogP contribution >= 0.6 is 23.2 Å². The average Bonchev–Trinajstić information content (AvgIpc) is 3.24. The van der Waals surface area contributed by atoms with E-state index in [2.05, 4.69) is 45.5 Å². The van der Waals surface area contributed by atoms with E-state index < -0.39 is 22.2 Å². The lowest BCUT2D eigenvalue weighted by Crippen LogP contribution is -2.47. The van der Waals surface area contributed by atoms with E-state index in [1.807, 2.05) is 18.2 Å². The predicted molar refractivity (Wildman–Crippen MR) is 243 cm³/mol. The molecule has 1 aromatic heterocycles. The van der Waals surface area contributed by atoms with Gasteiger partial charge < -0.3 is 29.4 Å². The smallest absolute Gasteiger partial charge is 0.316 e. The molecule has 1 amide bonds. The predicted octanol–water partition coefficient (Wildman–Crippen LogP) is 9.50. The first-order valence-electron chi connectivity index (χ1n) is 21.1. The number of benzene rings is 3. The summed E-state index contributed by atoms with van der Waals surface area (Å²) in [6, 6.07) is 19.0. The topological polar surface area (TPSA) is 168 Å². The van der Waals surface area contributed by atoms with Crippen LogP contribution in [-0.2, 0) is 16.1 Å². The Hall–Kier alpha value is -4.57. The van der Waals surface area contributed by atoms with Gasteiger partial charge in [-0.3, -0.25) is 19.8 Å². The van der Waals surface area contributed by atoms with Crippen molar-refractivity contribution in [2.75, 3.05) is 63.2 Å². The van der Waals surface area contributed by atoms with E-state index in [-0.39, 0.29) is 55.6 Å². The minimum atomic E-state index is -2.16. The lowest BCUT2D eigenvalue weighted by atomic mass is 9.69. The number of amides is 1. The second-order valence-corrected chi connectivity index (χ2v) is 19.9. The van der Waals surface area contributed by atoms with E-state index >= 15 is 0 Å². The zero-order valence-corrected chi connectivity index (χ0v) is 37.3. The first-order chi connectivity index (χ1) is 29.7. The van der Waals surface area contributed by atoms with E-state index in [1.165, 1.54) is 47.2 Å². The lowest BCUT2D eigenvalue weighted by Gasteiger charge is -2.46. The summed E-state index contributed by atoms with van der Waals surface area (Å²) in [6.07, 6.45) is 8.69. The van der Waals surface area contributed by atoms with Gasteiger partial charge in [0, 0.05) is 61.0 Å². The van der Waals surface area contributed by atoms with Crippen molar-refractivity contribution in [1.29, 1.82) is 0 Å². The van der Waals surface area contributed by atoms with Gasteiger partial charge in [-0.25, -0.2) is 4.98 Å². The fourth-order valence-corrected chi connectivity index (χ4v) is 10.00. The maximum absolute atomic E-state index is 13.9. The van der Waals surface area contributed by atoms with Gasteiger partial charge in [-0.2, -0.15) is 4.72 Å². The number of carbonyl (C=O) groups excluding carboxylic acids is 1. The van der Waals surface area contributed by atoms with Gasteiger partial charge in [0.05, 0.1) is 47.6 Å². The highest BCUT2D eigenvalue weighted by molar-refractivity contribution is 7.90. The summed E-state index contributed by atoms with van der Waals surface area (Å²) in [5.41, 5.74) is 11.1. The lowest BCUT2D eigenvalue weighted by molar-refractivity contribution is -0.386. The molecule has 0 bridgehead atoms. The van der Waals surface area contributed by atoms with Gasteiger partial charge in [-0.1, -0.05) is 54.8 Å². The summed E-state index contributed by atoms with van der Waals surface area (Å²) in [7, 11) is 0. The fraction of sp³-hybridized carbons (Fsp3) is 0.435. The van der Waals surface area contributed by atoms with Gasteiger partial charge in [-0.05, 0) is 104 Å². The number of halogens is 2. The molecule has 13 nitrogen and oxygen atoms in total. The number of nitrogen functional groups attached to an aromatic ring is 1. The summed E-state index contributed by atoms with van der Waals surface area (Å²) in [6.45, 7) is 10.7. The highest BCUT2D eigenvalue weighted by Gasteiger charge is 2.42. The summed E-state index contributed by atoms with van der Waals surface area (Å²) >= 11 is 10.3. The monoisotopic (exact) mass is 902 g/mol. The van der Waals surface area contributed by atoms with Crippen molar-refractivity contribution in [2.45, 2.75) is 63.7 Å². The molecular formula is C46H52Cl2N6O7S. The van der Waals surface area contributed by atoms with Crippen molar-refractivity contribution < 1.29 is 28.5 Å². The number of ether oxygens (including phenoxy) is 3.